The van der Waals surface area contributed by atoms with Crippen molar-refractivity contribution >= 4 is 17.3 Å². The van der Waals surface area contributed by atoms with Crippen molar-refractivity contribution in [2.75, 3.05) is 31.3 Å². The minimum absolute atomic E-state index is 0.0497. The van der Waals surface area contributed by atoms with Gasteiger partial charge in [0, 0.05) is 17.3 Å². The Balaban J connectivity index is 2.27. The van der Waals surface area contributed by atoms with Crippen molar-refractivity contribution in [3.05, 3.63) is 28.8 Å². The Kier molecular flexibility index (Phi) is 3.69. The molecule has 0 bridgehead atoms. The van der Waals surface area contributed by atoms with Gasteiger partial charge in [-0.25, -0.2) is 0 Å². The highest BCUT2D eigenvalue weighted by molar-refractivity contribution is 6.30. The molecule has 2 rings (SSSR count). The molecule has 1 aromatic carbocycles. The molecule has 0 radical (unpaired) electrons. The molecule has 1 atom stereocenters. The quantitative estimate of drug-likeness (QED) is 0.858. The number of aliphatic hydroxyl groups excluding tert-OH is 1. The number of nitrogens with zero attached hydrogens (tertiary/aromatic N) is 1. The van der Waals surface area contributed by atoms with Gasteiger partial charge in [0.05, 0.1) is 25.9 Å². The van der Waals surface area contributed by atoms with E-state index in [1.54, 1.807) is 0 Å². The minimum Gasteiger partial charge on any atom is -0.394 e. The SMILES string of the molecule is Cc1cc(Cl)ccc1N1CCOCC1CO. The van der Waals surface area contributed by atoms with E-state index in [9.17, 15) is 5.11 Å². The number of aliphatic hydroxyl groups is 1. The van der Waals surface area contributed by atoms with Crippen LogP contribution in [0.15, 0.2) is 18.2 Å². The molecule has 3 nitrogen and oxygen atoms in total. The summed E-state index contributed by atoms with van der Waals surface area (Å²) in [6.07, 6.45) is 0. The fourth-order valence-corrected chi connectivity index (χ4v) is 2.29. The van der Waals surface area contributed by atoms with Crippen molar-refractivity contribution in [1.82, 2.24) is 0 Å². The number of halogens is 1. The maximum atomic E-state index is 9.32. The van der Waals surface area contributed by atoms with Crippen molar-refractivity contribution in [1.29, 1.82) is 0 Å². The maximum Gasteiger partial charge on any atom is 0.0755 e. The van der Waals surface area contributed by atoms with Gasteiger partial charge in [-0.2, -0.15) is 0 Å². The van der Waals surface area contributed by atoms with Gasteiger partial charge in [0.25, 0.3) is 0 Å². The molecule has 0 aliphatic carbocycles. The van der Waals surface area contributed by atoms with Crippen molar-refractivity contribution in [3.8, 4) is 0 Å². The summed E-state index contributed by atoms with van der Waals surface area (Å²) in [6, 6.07) is 5.88. The molecule has 1 saturated heterocycles. The second-order valence-corrected chi connectivity index (χ2v) is 4.47. The summed E-state index contributed by atoms with van der Waals surface area (Å²) in [5.74, 6) is 0. The van der Waals surface area contributed by atoms with E-state index in [-0.39, 0.29) is 12.6 Å². The molecule has 0 spiro atoms. The topological polar surface area (TPSA) is 32.7 Å². The Labute approximate surface area is 101 Å². The molecule has 0 amide bonds. The lowest BCUT2D eigenvalue weighted by atomic mass is 10.1. The van der Waals surface area contributed by atoms with Gasteiger partial charge in [0.1, 0.15) is 0 Å². The van der Waals surface area contributed by atoms with Crippen LogP contribution < -0.4 is 4.90 Å². The molecule has 4 heteroatoms. The maximum absolute atomic E-state index is 9.32. The first-order chi connectivity index (χ1) is 7.72. The number of hydrogen-bond donors (Lipinski definition) is 1. The van der Waals surface area contributed by atoms with Crippen molar-refractivity contribution in [2.24, 2.45) is 0 Å². The van der Waals surface area contributed by atoms with Gasteiger partial charge in [0.2, 0.25) is 0 Å². The number of ether oxygens (including phenoxy) is 1. The molecule has 88 valence electrons. The normalized spacial score (nSPS) is 21.2. The van der Waals surface area contributed by atoms with Crippen LogP contribution in [0.5, 0.6) is 0 Å². The largest absolute Gasteiger partial charge is 0.394 e. The van der Waals surface area contributed by atoms with E-state index in [4.69, 9.17) is 16.3 Å². The zero-order valence-corrected chi connectivity index (χ0v) is 10.1. The third-order valence-corrected chi connectivity index (χ3v) is 3.14. The highest BCUT2D eigenvalue weighted by atomic mass is 35.5. The average Bonchev–Trinajstić information content (AvgIpc) is 2.29. The number of aryl methyl sites for hydroxylation is 1. The van der Waals surface area contributed by atoms with Gasteiger partial charge < -0.3 is 14.7 Å². The Morgan fingerprint density at radius 1 is 1.56 bits per heavy atom. The van der Waals surface area contributed by atoms with Gasteiger partial charge in [-0.1, -0.05) is 11.6 Å². The van der Waals surface area contributed by atoms with E-state index < -0.39 is 0 Å². The lowest BCUT2D eigenvalue weighted by Gasteiger charge is -2.37. The van der Waals surface area contributed by atoms with Crippen LogP contribution >= 0.6 is 11.6 Å². The zero-order chi connectivity index (χ0) is 11.5. The molecule has 0 aromatic heterocycles. The van der Waals surface area contributed by atoms with Crippen molar-refractivity contribution < 1.29 is 9.84 Å². The fraction of sp³-hybridized carbons (Fsp3) is 0.500. The van der Waals surface area contributed by atoms with Crippen LogP contribution in [0.2, 0.25) is 5.02 Å². The molecule has 1 N–H and O–H groups in total. The lowest BCUT2D eigenvalue weighted by molar-refractivity contribution is 0.0726. The number of rotatable bonds is 2. The van der Waals surface area contributed by atoms with E-state index in [0.29, 0.717) is 13.2 Å². The minimum atomic E-state index is 0.0497. The summed E-state index contributed by atoms with van der Waals surface area (Å²) < 4.78 is 5.36. The predicted octanol–water partition coefficient (Wildman–Crippen LogP) is 1.85. The van der Waals surface area contributed by atoms with Crippen LogP contribution in [-0.4, -0.2) is 37.5 Å². The van der Waals surface area contributed by atoms with Crippen LogP contribution in [0.1, 0.15) is 5.56 Å². The Morgan fingerprint density at radius 3 is 3.06 bits per heavy atom. The standard InChI is InChI=1S/C12H16ClNO2/c1-9-6-10(13)2-3-12(9)14-4-5-16-8-11(14)7-15/h2-3,6,11,15H,4-5,7-8H2,1H3. The first-order valence-corrected chi connectivity index (χ1v) is 5.81. The summed E-state index contributed by atoms with van der Waals surface area (Å²) in [7, 11) is 0. The van der Waals surface area contributed by atoms with E-state index in [0.717, 1.165) is 22.8 Å². The highest BCUT2D eigenvalue weighted by Crippen LogP contribution is 2.26. The monoisotopic (exact) mass is 241 g/mol. The van der Waals surface area contributed by atoms with Crippen LogP contribution in [0.25, 0.3) is 0 Å². The molecular weight excluding hydrogens is 226 g/mol. The zero-order valence-electron chi connectivity index (χ0n) is 9.32. The summed E-state index contributed by atoms with van der Waals surface area (Å²) in [5.41, 5.74) is 2.26. The number of morpholine rings is 1. The molecule has 1 fully saturated rings. The van der Waals surface area contributed by atoms with Crippen molar-refractivity contribution in [2.45, 2.75) is 13.0 Å². The number of anilines is 1. The molecule has 0 saturated carbocycles. The third kappa shape index (κ3) is 2.32. The van der Waals surface area contributed by atoms with E-state index in [1.165, 1.54) is 0 Å². The molecule has 1 aliphatic rings. The summed E-state index contributed by atoms with van der Waals surface area (Å²) in [6.45, 7) is 4.25. The number of hydrogen-bond acceptors (Lipinski definition) is 3. The molecule has 1 aliphatic heterocycles. The van der Waals surface area contributed by atoms with Gasteiger partial charge in [-0.15, -0.1) is 0 Å². The third-order valence-electron chi connectivity index (χ3n) is 2.91. The second-order valence-electron chi connectivity index (χ2n) is 4.04. The van der Waals surface area contributed by atoms with Crippen LogP contribution in [0.4, 0.5) is 5.69 Å². The van der Waals surface area contributed by atoms with Crippen LogP contribution in [0.3, 0.4) is 0 Å². The fourth-order valence-electron chi connectivity index (χ4n) is 2.06. The summed E-state index contributed by atoms with van der Waals surface area (Å²) in [4.78, 5) is 2.19. The van der Waals surface area contributed by atoms with Crippen molar-refractivity contribution in [3.63, 3.8) is 0 Å². The molecule has 1 heterocycles. The lowest BCUT2D eigenvalue weighted by Crippen LogP contribution is -2.47. The Hall–Kier alpha value is -0.770. The summed E-state index contributed by atoms with van der Waals surface area (Å²) in [5, 5.41) is 10.1. The Morgan fingerprint density at radius 2 is 2.38 bits per heavy atom. The van der Waals surface area contributed by atoms with E-state index in [1.807, 2.05) is 25.1 Å². The highest BCUT2D eigenvalue weighted by Gasteiger charge is 2.23. The van der Waals surface area contributed by atoms with Gasteiger partial charge >= 0.3 is 0 Å². The Bertz CT molecular complexity index is 370. The smallest absolute Gasteiger partial charge is 0.0755 e. The van der Waals surface area contributed by atoms with Gasteiger partial charge in [-0.3, -0.25) is 0 Å². The first kappa shape index (κ1) is 11.7. The van der Waals surface area contributed by atoms with Crippen LogP contribution in [-0.2, 0) is 4.74 Å². The molecule has 16 heavy (non-hydrogen) atoms. The molecule has 1 unspecified atom stereocenters. The molecule has 1 aromatic rings. The van der Waals surface area contributed by atoms with Crippen LogP contribution in [0, 0.1) is 6.92 Å². The second kappa shape index (κ2) is 5.04. The number of benzene rings is 1. The van der Waals surface area contributed by atoms with Gasteiger partial charge in [-0.05, 0) is 30.7 Å². The first-order valence-electron chi connectivity index (χ1n) is 5.44. The average molecular weight is 242 g/mol. The predicted molar refractivity (Wildman–Crippen MR) is 65.2 cm³/mol. The van der Waals surface area contributed by atoms with E-state index in [2.05, 4.69) is 4.90 Å². The van der Waals surface area contributed by atoms with E-state index >= 15 is 0 Å². The van der Waals surface area contributed by atoms with Gasteiger partial charge in [0.15, 0.2) is 0 Å². The molecular formula is C12H16ClNO2. The summed E-state index contributed by atoms with van der Waals surface area (Å²) >= 11 is 5.93.